The van der Waals surface area contributed by atoms with Gasteiger partial charge in [0, 0.05) is 19.3 Å². The highest BCUT2D eigenvalue weighted by Crippen LogP contribution is 2.18. The summed E-state index contributed by atoms with van der Waals surface area (Å²) in [7, 11) is 0. The highest BCUT2D eigenvalue weighted by Gasteiger charge is 2.19. The molecule has 0 saturated heterocycles. The van der Waals surface area contributed by atoms with E-state index in [1.54, 1.807) is 0 Å². The fourth-order valence-electron chi connectivity index (χ4n) is 7.96. The third-order valence-corrected chi connectivity index (χ3v) is 12.3. The zero-order chi connectivity index (χ0) is 43.3. The Morgan fingerprint density at radius 2 is 0.644 bits per heavy atom. The van der Waals surface area contributed by atoms with Gasteiger partial charge in [-0.2, -0.15) is 0 Å². The Balaban J connectivity index is 4.23. The number of hydrogen-bond donors (Lipinski definition) is 0. The van der Waals surface area contributed by atoms with Crippen LogP contribution in [-0.2, 0) is 28.6 Å². The molecule has 0 aliphatic heterocycles. The molecule has 1 unspecified atom stereocenters. The van der Waals surface area contributed by atoms with Crippen LogP contribution in [0.2, 0.25) is 0 Å². The summed E-state index contributed by atoms with van der Waals surface area (Å²) >= 11 is 0. The molecule has 0 bridgehead atoms. The molecule has 59 heavy (non-hydrogen) atoms. The number of esters is 3. The summed E-state index contributed by atoms with van der Waals surface area (Å²) in [6.07, 6.45) is 46.6. The topological polar surface area (TPSA) is 78.9 Å². The molecule has 0 aromatic heterocycles. The predicted molar refractivity (Wildman–Crippen MR) is 252 cm³/mol. The molecule has 0 saturated carbocycles. The maximum atomic E-state index is 12.7. The van der Waals surface area contributed by atoms with E-state index in [1.165, 1.54) is 180 Å². The van der Waals surface area contributed by atoms with Crippen molar-refractivity contribution in [2.45, 2.75) is 298 Å². The van der Waals surface area contributed by atoms with Crippen molar-refractivity contribution in [1.82, 2.24) is 0 Å². The lowest BCUT2D eigenvalue weighted by molar-refractivity contribution is -0.167. The van der Waals surface area contributed by atoms with Gasteiger partial charge >= 0.3 is 17.9 Å². The Morgan fingerprint density at radius 1 is 0.356 bits per heavy atom. The molecule has 0 rings (SSSR count). The van der Waals surface area contributed by atoms with Gasteiger partial charge in [0.1, 0.15) is 13.2 Å². The number of carbonyl (C=O) groups excluding carboxylic acids is 3. The molecule has 6 heteroatoms. The molecule has 0 spiro atoms. The molecule has 0 aromatic carbocycles. The van der Waals surface area contributed by atoms with Crippen LogP contribution in [-0.4, -0.2) is 37.2 Å². The van der Waals surface area contributed by atoms with Crippen LogP contribution in [0.15, 0.2) is 0 Å². The average molecular weight is 835 g/mol. The number of rotatable bonds is 47. The molecule has 2 atom stereocenters. The molecule has 0 heterocycles. The fourth-order valence-corrected chi connectivity index (χ4v) is 7.96. The van der Waals surface area contributed by atoms with Crippen LogP contribution in [0.3, 0.4) is 0 Å². The van der Waals surface area contributed by atoms with Gasteiger partial charge in [0.05, 0.1) is 0 Å². The van der Waals surface area contributed by atoms with E-state index in [4.69, 9.17) is 14.2 Å². The second-order valence-corrected chi connectivity index (χ2v) is 18.9. The molecule has 0 aliphatic rings. The monoisotopic (exact) mass is 835 g/mol. The van der Waals surface area contributed by atoms with Crippen molar-refractivity contribution in [3.05, 3.63) is 0 Å². The molecular weight excluding hydrogens is 733 g/mol. The summed E-state index contributed by atoms with van der Waals surface area (Å²) in [6.45, 7) is 11.4. The lowest BCUT2D eigenvalue weighted by atomic mass is 10.00. The highest BCUT2D eigenvalue weighted by molar-refractivity contribution is 5.71. The van der Waals surface area contributed by atoms with Crippen LogP contribution in [0, 0.1) is 11.8 Å². The van der Waals surface area contributed by atoms with Crippen LogP contribution >= 0.6 is 0 Å². The quantitative estimate of drug-likeness (QED) is 0.0345. The third-order valence-electron chi connectivity index (χ3n) is 12.3. The van der Waals surface area contributed by atoms with Crippen molar-refractivity contribution in [2.75, 3.05) is 13.2 Å². The molecule has 350 valence electrons. The lowest BCUT2D eigenvalue weighted by Crippen LogP contribution is -2.30. The minimum Gasteiger partial charge on any atom is -0.462 e. The number of ether oxygens (including phenoxy) is 3. The van der Waals surface area contributed by atoms with Crippen LogP contribution in [0.5, 0.6) is 0 Å². The molecule has 0 amide bonds. The molecule has 0 radical (unpaired) electrons. The summed E-state index contributed by atoms with van der Waals surface area (Å²) in [6, 6.07) is 0. The van der Waals surface area contributed by atoms with Gasteiger partial charge in [0.15, 0.2) is 6.10 Å². The number of hydrogen-bond acceptors (Lipinski definition) is 6. The summed E-state index contributed by atoms with van der Waals surface area (Å²) < 4.78 is 16.8. The maximum Gasteiger partial charge on any atom is 0.306 e. The Kier molecular flexibility index (Phi) is 44.7. The first kappa shape index (κ1) is 57.4. The van der Waals surface area contributed by atoms with Crippen LogP contribution in [0.25, 0.3) is 0 Å². The largest absolute Gasteiger partial charge is 0.462 e. The van der Waals surface area contributed by atoms with E-state index in [2.05, 4.69) is 34.6 Å². The Labute approximate surface area is 368 Å². The summed E-state index contributed by atoms with van der Waals surface area (Å²) in [4.78, 5) is 37.9. The SMILES string of the molecule is CCCCCCCCCCCCCCC(=O)OC[C@@H](COC(=O)CCCCCCCCCCCCCCCCCCC(C)C)OC(=O)CCCCCCCCC(C)CC. The van der Waals surface area contributed by atoms with Gasteiger partial charge in [-0.3, -0.25) is 14.4 Å². The summed E-state index contributed by atoms with van der Waals surface area (Å²) in [5, 5.41) is 0. The van der Waals surface area contributed by atoms with Crippen LogP contribution < -0.4 is 0 Å². The Hall–Kier alpha value is -1.59. The van der Waals surface area contributed by atoms with Gasteiger partial charge in [0.2, 0.25) is 0 Å². The average Bonchev–Trinajstić information content (AvgIpc) is 3.22. The van der Waals surface area contributed by atoms with E-state index in [0.29, 0.717) is 19.3 Å². The number of carbonyl (C=O) groups is 3. The lowest BCUT2D eigenvalue weighted by Gasteiger charge is -2.18. The molecular formula is C53H102O6. The first-order valence-corrected chi connectivity index (χ1v) is 26.3. The highest BCUT2D eigenvalue weighted by atomic mass is 16.6. The van der Waals surface area contributed by atoms with Gasteiger partial charge in [-0.15, -0.1) is 0 Å². The first-order chi connectivity index (χ1) is 28.8. The Morgan fingerprint density at radius 3 is 0.966 bits per heavy atom. The normalized spacial score (nSPS) is 12.5. The van der Waals surface area contributed by atoms with E-state index < -0.39 is 6.10 Å². The second kappa shape index (κ2) is 45.9. The number of unbranched alkanes of at least 4 members (excludes halogenated alkanes) is 31. The van der Waals surface area contributed by atoms with Gasteiger partial charge in [0.25, 0.3) is 0 Å². The van der Waals surface area contributed by atoms with Gasteiger partial charge < -0.3 is 14.2 Å². The minimum absolute atomic E-state index is 0.0644. The van der Waals surface area contributed by atoms with Crippen molar-refractivity contribution in [3.8, 4) is 0 Å². The van der Waals surface area contributed by atoms with E-state index >= 15 is 0 Å². The fraction of sp³-hybridized carbons (Fsp3) is 0.943. The van der Waals surface area contributed by atoms with Crippen molar-refractivity contribution < 1.29 is 28.6 Å². The van der Waals surface area contributed by atoms with Crippen molar-refractivity contribution in [3.63, 3.8) is 0 Å². The maximum absolute atomic E-state index is 12.7. The van der Waals surface area contributed by atoms with Crippen LogP contribution in [0.4, 0.5) is 0 Å². The van der Waals surface area contributed by atoms with Gasteiger partial charge in [-0.25, -0.2) is 0 Å². The minimum atomic E-state index is -0.762. The zero-order valence-electron chi connectivity index (χ0n) is 40.4. The Bertz CT molecular complexity index is 902. The van der Waals surface area contributed by atoms with E-state index in [0.717, 1.165) is 69.6 Å². The smallest absolute Gasteiger partial charge is 0.306 e. The first-order valence-electron chi connectivity index (χ1n) is 26.3. The van der Waals surface area contributed by atoms with Gasteiger partial charge in [-0.1, -0.05) is 253 Å². The molecule has 0 fully saturated rings. The molecule has 0 N–H and O–H groups in total. The summed E-state index contributed by atoms with van der Waals surface area (Å²) in [5.41, 5.74) is 0. The second-order valence-electron chi connectivity index (χ2n) is 18.9. The third kappa shape index (κ3) is 45.8. The van der Waals surface area contributed by atoms with Crippen molar-refractivity contribution in [1.29, 1.82) is 0 Å². The zero-order valence-corrected chi connectivity index (χ0v) is 40.4. The van der Waals surface area contributed by atoms with Crippen molar-refractivity contribution >= 4 is 17.9 Å². The van der Waals surface area contributed by atoms with E-state index in [9.17, 15) is 14.4 Å². The summed E-state index contributed by atoms with van der Waals surface area (Å²) in [5.74, 6) is 0.812. The predicted octanol–water partition coefficient (Wildman–Crippen LogP) is 16.9. The van der Waals surface area contributed by atoms with Crippen LogP contribution in [0.1, 0.15) is 291 Å². The van der Waals surface area contributed by atoms with E-state index in [-0.39, 0.29) is 31.1 Å². The van der Waals surface area contributed by atoms with Crippen molar-refractivity contribution in [2.24, 2.45) is 11.8 Å². The van der Waals surface area contributed by atoms with E-state index in [1.807, 2.05) is 0 Å². The standard InChI is InChI=1S/C53H102O6/c1-6-8-9-10-11-12-13-21-24-27-33-38-43-51(54)57-46-50(59-53(56)45-40-35-30-29-32-37-42-49(5)7-2)47-58-52(55)44-39-34-28-25-22-19-17-15-14-16-18-20-23-26-31-36-41-48(3)4/h48-50H,6-47H2,1-5H3/t49?,50-/m0/s1. The molecule has 6 nitrogen and oxygen atoms in total. The van der Waals surface area contributed by atoms with Gasteiger partial charge in [-0.05, 0) is 31.1 Å². The molecule has 0 aliphatic carbocycles. The molecule has 0 aromatic rings.